The predicted octanol–water partition coefficient (Wildman–Crippen LogP) is 1.85. The summed E-state index contributed by atoms with van der Waals surface area (Å²) < 4.78 is 0. The molecule has 0 N–H and O–H groups in total. The molecule has 1 rings (SSSR count). The van der Waals surface area contributed by atoms with Crippen molar-refractivity contribution in [2.24, 2.45) is 0 Å². The molecule has 0 aliphatic heterocycles. The van der Waals surface area contributed by atoms with Crippen LogP contribution in [0.5, 0.6) is 0 Å². The van der Waals surface area contributed by atoms with Crippen molar-refractivity contribution in [1.82, 2.24) is 0 Å². The number of hydrogen-bond acceptors (Lipinski definition) is 2. The zero-order valence-electron chi connectivity index (χ0n) is 7.21. The summed E-state index contributed by atoms with van der Waals surface area (Å²) in [5, 5.41) is 0. The van der Waals surface area contributed by atoms with Gasteiger partial charge < -0.3 is 0 Å². The van der Waals surface area contributed by atoms with E-state index in [-0.39, 0.29) is 55.7 Å². The Labute approximate surface area is 107 Å². The Morgan fingerprint density at radius 2 is 1.69 bits per heavy atom. The molecule has 0 spiro atoms. The van der Waals surface area contributed by atoms with Crippen molar-refractivity contribution < 1.29 is 47.3 Å². The molecule has 0 unspecified atom stereocenters. The van der Waals surface area contributed by atoms with Gasteiger partial charge in [0.25, 0.3) is 0 Å². The minimum Gasteiger partial charge on any atom is -0.300 e. The predicted molar refractivity (Wildman–Crippen MR) is 46.1 cm³/mol. The minimum atomic E-state index is -0.108. The molecule has 1 aromatic rings. The first-order valence-electron chi connectivity index (χ1n) is 3.78. The average molecular weight is 327 g/mol. The van der Waals surface area contributed by atoms with Gasteiger partial charge in [-0.25, -0.2) is 0 Å². The van der Waals surface area contributed by atoms with Crippen LogP contribution in [0.4, 0.5) is 0 Å². The molecule has 13 heavy (non-hydrogen) atoms. The summed E-state index contributed by atoms with van der Waals surface area (Å²) in [4.78, 5) is 21.8. The maximum Gasteiger partial charge on any atom is 0.170 e. The Morgan fingerprint density at radius 3 is 2.15 bits per heavy atom. The molecule has 0 amide bonds. The molecule has 0 saturated carbocycles. The van der Waals surface area contributed by atoms with Gasteiger partial charge in [-0.3, -0.25) is 9.59 Å². The topological polar surface area (TPSA) is 34.1 Å². The van der Waals surface area contributed by atoms with Crippen LogP contribution in [0.2, 0.25) is 0 Å². The molecule has 0 aliphatic rings. The van der Waals surface area contributed by atoms with Gasteiger partial charge in [0.05, 0.1) is 6.42 Å². The number of hydrogen-bond donors (Lipinski definition) is 0. The maximum atomic E-state index is 11.2. The first-order valence-corrected chi connectivity index (χ1v) is 3.78. The fourth-order valence-corrected chi connectivity index (χ4v) is 0.952. The van der Waals surface area contributed by atoms with Gasteiger partial charge in [-0.2, -0.15) is 0 Å². The van der Waals surface area contributed by atoms with E-state index in [1.165, 1.54) is 6.92 Å². The first kappa shape index (κ1) is 12.8. The van der Waals surface area contributed by atoms with Gasteiger partial charge in [-0.15, -0.1) is 0 Å². The standard InChI is InChI=1S/C10H10O2.Ho/c1-8(11)7-10(12)9-5-3-2-4-6-9;/h2-6H,7H2,1H3;. The van der Waals surface area contributed by atoms with Crippen molar-refractivity contribution >= 4 is 11.6 Å². The Bertz CT molecular complexity index is 293. The molecular formula is C10H10HoO2. The number of Topliss-reactive ketones (excluding diaryl/α,β-unsaturated/α-hetero) is 2. The van der Waals surface area contributed by atoms with Gasteiger partial charge in [0.2, 0.25) is 0 Å². The number of ketones is 2. The zero-order chi connectivity index (χ0) is 8.97. The third kappa shape index (κ3) is 4.55. The molecule has 2 nitrogen and oxygen atoms in total. The molecule has 0 aliphatic carbocycles. The largest absolute Gasteiger partial charge is 0.300 e. The van der Waals surface area contributed by atoms with Crippen LogP contribution in [0.3, 0.4) is 0 Å². The van der Waals surface area contributed by atoms with E-state index in [0.29, 0.717) is 5.56 Å². The van der Waals surface area contributed by atoms with E-state index < -0.39 is 0 Å². The number of rotatable bonds is 3. The van der Waals surface area contributed by atoms with Crippen molar-refractivity contribution in [3.63, 3.8) is 0 Å². The molecular weight excluding hydrogens is 317 g/mol. The molecule has 0 bridgehead atoms. The third-order valence-corrected chi connectivity index (χ3v) is 1.51. The molecule has 1 aromatic carbocycles. The Morgan fingerprint density at radius 1 is 1.15 bits per heavy atom. The monoisotopic (exact) mass is 327 g/mol. The Kier molecular flexibility index (Phi) is 6.21. The van der Waals surface area contributed by atoms with Crippen LogP contribution in [-0.2, 0) is 4.79 Å². The van der Waals surface area contributed by atoms with Crippen LogP contribution in [0.1, 0.15) is 23.7 Å². The summed E-state index contributed by atoms with van der Waals surface area (Å²) in [6.07, 6.45) is 0.00398. The summed E-state index contributed by atoms with van der Waals surface area (Å²) in [6, 6.07) is 8.84. The van der Waals surface area contributed by atoms with E-state index in [1.807, 2.05) is 6.07 Å². The minimum absolute atomic E-state index is 0. The SMILES string of the molecule is CC(=O)CC(=O)c1ccccc1.[Ho]. The molecule has 3 heteroatoms. The number of carbonyl (C=O) groups is 2. The van der Waals surface area contributed by atoms with E-state index in [0.717, 1.165) is 0 Å². The third-order valence-electron chi connectivity index (χ3n) is 1.51. The van der Waals surface area contributed by atoms with E-state index in [2.05, 4.69) is 0 Å². The maximum absolute atomic E-state index is 11.2. The van der Waals surface area contributed by atoms with E-state index in [9.17, 15) is 9.59 Å². The molecule has 0 saturated heterocycles. The zero-order valence-corrected chi connectivity index (χ0v) is 9.15. The van der Waals surface area contributed by atoms with Crippen LogP contribution in [0.15, 0.2) is 30.3 Å². The van der Waals surface area contributed by atoms with E-state index in [1.54, 1.807) is 24.3 Å². The van der Waals surface area contributed by atoms with Crippen LogP contribution in [0, 0.1) is 37.7 Å². The number of benzene rings is 1. The van der Waals surface area contributed by atoms with Crippen molar-refractivity contribution in [2.75, 3.05) is 0 Å². The van der Waals surface area contributed by atoms with Crippen molar-refractivity contribution in [2.45, 2.75) is 13.3 Å². The fourth-order valence-electron chi connectivity index (χ4n) is 0.952. The fraction of sp³-hybridized carbons (Fsp3) is 0.200. The Hall–Kier alpha value is -0.180. The van der Waals surface area contributed by atoms with E-state index >= 15 is 0 Å². The summed E-state index contributed by atoms with van der Waals surface area (Å²) in [5.74, 6) is -0.202. The van der Waals surface area contributed by atoms with Crippen LogP contribution in [0.25, 0.3) is 0 Å². The van der Waals surface area contributed by atoms with Crippen molar-refractivity contribution in [1.29, 1.82) is 0 Å². The second kappa shape index (κ2) is 6.30. The van der Waals surface area contributed by atoms with Gasteiger partial charge in [0.15, 0.2) is 5.78 Å². The average Bonchev–Trinajstić information content (AvgIpc) is 2.05. The number of carbonyl (C=O) groups excluding carboxylic acids is 2. The molecule has 1 radical (unpaired) electrons. The van der Waals surface area contributed by atoms with Gasteiger partial charge >= 0.3 is 0 Å². The normalized spacial score (nSPS) is 8.69. The van der Waals surface area contributed by atoms with E-state index in [4.69, 9.17) is 0 Å². The molecule has 0 atom stereocenters. The van der Waals surface area contributed by atoms with Gasteiger partial charge in [0, 0.05) is 43.3 Å². The smallest absolute Gasteiger partial charge is 0.170 e. The van der Waals surface area contributed by atoms with Crippen LogP contribution in [-0.4, -0.2) is 11.6 Å². The Balaban J connectivity index is 0.00000144. The molecule has 0 heterocycles. The van der Waals surface area contributed by atoms with Gasteiger partial charge in [-0.05, 0) is 6.92 Å². The quantitative estimate of drug-likeness (QED) is 0.482. The second-order valence-corrected chi connectivity index (χ2v) is 2.67. The van der Waals surface area contributed by atoms with Crippen LogP contribution < -0.4 is 0 Å². The summed E-state index contributed by atoms with van der Waals surface area (Å²) in [7, 11) is 0. The van der Waals surface area contributed by atoms with Gasteiger partial charge in [-0.1, -0.05) is 30.3 Å². The second-order valence-electron chi connectivity index (χ2n) is 2.67. The van der Waals surface area contributed by atoms with Crippen molar-refractivity contribution in [3.05, 3.63) is 35.9 Å². The summed E-state index contributed by atoms with van der Waals surface area (Å²) in [5.41, 5.74) is 0.604. The first-order chi connectivity index (χ1) is 5.70. The van der Waals surface area contributed by atoms with Crippen LogP contribution >= 0.6 is 0 Å². The van der Waals surface area contributed by atoms with Crippen molar-refractivity contribution in [3.8, 4) is 0 Å². The summed E-state index contributed by atoms with van der Waals surface area (Å²) in [6.45, 7) is 1.42. The van der Waals surface area contributed by atoms with Gasteiger partial charge in [0.1, 0.15) is 5.78 Å². The molecule has 0 aromatic heterocycles. The molecule has 73 valence electrons. The molecule has 0 fully saturated rings. The summed E-state index contributed by atoms with van der Waals surface area (Å²) >= 11 is 0.